The van der Waals surface area contributed by atoms with Crippen LogP contribution >= 0.6 is 0 Å². The Morgan fingerprint density at radius 2 is 1.72 bits per heavy atom. The lowest BCUT2D eigenvalue weighted by Gasteiger charge is -2.46. The maximum absolute atomic E-state index is 12.1. The van der Waals surface area contributed by atoms with Crippen LogP contribution in [-0.2, 0) is 19.9 Å². The number of pyridine rings is 2. The maximum Gasteiger partial charge on any atom is 0.250 e. The molecule has 3 heterocycles. The van der Waals surface area contributed by atoms with Crippen LogP contribution in [0.1, 0.15) is 58.8 Å². The Kier molecular flexibility index (Phi) is 6.93. The average molecular weight is 487 g/mol. The first kappa shape index (κ1) is 25.8. The van der Waals surface area contributed by atoms with Gasteiger partial charge in [0.1, 0.15) is 5.75 Å². The van der Waals surface area contributed by atoms with E-state index < -0.39 is 0 Å². The van der Waals surface area contributed by atoms with Gasteiger partial charge in [-0.3, -0.25) is 14.8 Å². The van der Waals surface area contributed by atoms with E-state index >= 15 is 0 Å². The minimum atomic E-state index is -0.0913. The highest BCUT2D eigenvalue weighted by atomic mass is 16.3. The number of aromatic hydroxyl groups is 1. The van der Waals surface area contributed by atoms with Crippen LogP contribution in [0.5, 0.6) is 5.75 Å². The van der Waals surface area contributed by atoms with Crippen molar-refractivity contribution in [3.63, 3.8) is 0 Å². The van der Waals surface area contributed by atoms with Crippen LogP contribution in [0.2, 0.25) is 0 Å². The zero-order valence-electron chi connectivity index (χ0n) is 22.4. The van der Waals surface area contributed by atoms with Crippen molar-refractivity contribution in [2.45, 2.75) is 71.4 Å². The zero-order valence-corrected chi connectivity index (χ0v) is 22.4. The summed E-state index contributed by atoms with van der Waals surface area (Å²) in [5, 5.41) is 14.8. The summed E-state index contributed by atoms with van der Waals surface area (Å²) in [6.07, 6.45) is 5.46. The number of aryl methyl sites for hydroxylation is 2. The van der Waals surface area contributed by atoms with Crippen molar-refractivity contribution < 1.29 is 5.11 Å². The largest absolute Gasteiger partial charge is 0.507 e. The Bertz CT molecular complexity index is 1340. The first-order valence-electron chi connectivity index (χ1n) is 12.7. The van der Waals surface area contributed by atoms with Crippen molar-refractivity contribution in [2.75, 3.05) is 0 Å². The number of benzene rings is 1. The molecule has 2 N–H and O–H groups in total. The summed E-state index contributed by atoms with van der Waals surface area (Å²) < 4.78 is 1.52. The number of piperidine rings is 1. The molecule has 0 aliphatic carbocycles. The lowest BCUT2D eigenvalue weighted by Crippen LogP contribution is -2.58. The standard InChI is InChI=1S/C30H38N4O2/c1-8-24-23(22-10-9-20(14-27(22)35)21-11-12-34(7)28(36)15-21)16-25(31-6)26(32-24)13-19-17-29(2,3)33-30(4,5)18-19/h9-12,14-16,19,33,35H,6,8,13,17-18H2,1-5,7H3. The number of aromatic nitrogens is 2. The molecule has 0 saturated carbocycles. The summed E-state index contributed by atoms with van der Waals surface area (Å²) in [5.41, 5.74) is 5.84. The van der Waals surface area contributed by atoms with E-state index in [2.05, 4.69) is 51.6 Å². The van der Waals surface area contributed by atoms with Crippen molar-refractivity contribution in [3.05, 3.63) is 64.3 Å². The van der Waals surface area contributed by atoms with Crippen molar-refractivity contribution in [1.29, 1.82) is 0 Å². The smallest absolute Gasteiger partial charge is 0.250 e. The normalized spacial score (nSPS) is 17.2. The number of hydrogen-bond acceptors (Lipinski definition) is 5. The fourth-order valence-corrected chi connectivity index (χ4v) is 5.99. The summed E-state index contributed by atoms with van der Waals surface area (Å²) in [4.78, 5) is 21.5. The van der Waals surface area contributed by atoms with E-state index in [0.717, 1.165) is 59.4 Å². The quantitative estimate of drug-likeness (QED) is 0.431. The zero-order chi connectivity index (χ0) is 26.3. The summed E-state index contributed by atoms with van der Waals surface area (Å²) >= 11 is 0. The van der Waals surface area contributed by atoms with Gasteiger partial charge in [0.15, 0.2) is 0 Å². The Balaban J connectivity index is 1.69. The Morgan fingerprint density at radius 3 is 2.31 bits per heavy atom. The molecule has 2 aromatic heterocycles. The topological polar surface area (TPSA) is 79.5 Å². The van der Waals surface area contributed by atoms with Crippen LogP contribution in [-0.4, -0.2) is 32.5 Å². The van der Waals surface area contributed by atoms with Crippen molar-refractivity contribution in [1.82, 2.24) is 14.9 Å². The van der Waals surface area contributed by atoms with E-state index in [4.69, 9.17) is 4.98 Å². The third kappa shape index (κ3) is 5.44. The number of rotatable bonds is 6. The molecule has 1 aliphatic heterocycles. The molecule has 3 aromatic rings. The lowest BCUT2D eigenvalue weighted by molar-refractivity contribution is 0.128. The molecule has 6 nitrogen and oxygen atoms in total. The highest BCUT2D eigenvalue weighted by Crippen LogP contribution is 2.40. The SMILES string of the molecule is C=Nc1cc(-c2ccc(-c3ccn(C)c(=O)c3)cc2O)c(CC)nc1CC1CC(C)(C)NC(C)(C)C1. The molecule has 1 aliphatic rings. The molecule has 1 fully saturated rings. The number of nitrogens with zero attached hydrogens (tertiary/aromatic N) is 3. The van der Waals surface area contributed by atoms with Crippen LogP contribution in [0.4, 0.5) is 5.69 Å². The van der Waals surface area contributed by atoms with E-state index in [-0.39, 0.29) is 22.4 Å². The first-order chi connectivity index (χ1) is 16.9. The summed E-state index contributed by atoms with van der Waals surface area (Å²) in [5.74, 6) is 0.639. The van der Waals surface area contributed by atoms with Gasteiger partial charge in [-0.2, -0.15) is 0 Å². The maximum atomic E-state index is 12.1. The first-order valence-corrected chi connectivity index (χ1v) is 12.7. The lowest BCUT2D eigenvalue weighted by atomic mass is 9.74. The highest BCUT2D eigenvalue weighted by molar-refractivity contribution is 5.79. The number of phenols is 1. The van der Waals surface area contributed by atoms with Gasteiger partial charge in [0.25, 0.3) is 5.56 Å². The highest BCUT2D eigenvalue weighted by Gasteiger charge is 2.38. The number of aliphatic imine (C=N–C) groups is 1. The van der Waals surface area contributed by atoms with E-state index in [1.54, 1.807) is 25.4 Å². The van der Waals surface area contributed by atoms with Gasteiger partial charge in [-0.1, -0.05) is 13.0 Å². The van der Waals surface area contributed by atoms with Gasteiger partial charge in [-0.15, -0.1) is 0 Å². The minimum absolute atomic E-state index is 0.0677. The average Bonchev–Trinajstić information content (AvgIpc) is 2.78. The molecule has 4 rings (SSSR count). The fraction of sp³-hybridized carbons (Fsp3) is 0.433. The molecule has 6 heteroatoms. The molecular formula is C30H38N4O2. The third-order valence-corrected chi connectivity index (χ3v) is 7.15. The number of hydrogen-bond donors (Lipinski definition) is 2. The Morgan fingerprint density at radius 1 is 1.06 bits per heavy atom. The van der Waals surface area contributed by atoms with Gasteiger partial charge in [0.2, 0.25) is 0 Å². The van der Waals surface area contributed by atoms with Crippen LogP contribution in [0.25, 0.3) is 22.3 Å². The number of nitrogens with one attached hydrogen (secondary N) is 1. The van der Waals surface area contributed by atoms with E-state index in [9.17, 15) is 9.90 Å². The van der Waals surface area contributed by atoms with Gasteiger partial charge in [0, 0.05) is 47.2 Å². The molecular weight excluding hydrogens is 448 g/mol. The fourth-order valence-electron chi connectivity index (χ4n) is 5.99. The van der Waals surface area contributed by atoms with Gasteiger partial charge in [-0.25, -0.2) is 0 Å². The van der Waals surface area contributed by atoms with Crippen LogP contribution in [0, 0.1) is 5.92 Å². The molecule has 0 radical (unpaired) electrons. The summed E-state index contributed by atoms with van der Waals surface area (Å²) in [6.45, 7) is 15.0. The second kappa shape index (κ2) is 9.66. The van der Waals surface area contributed by atoms with Gasteiger partial charge in [-0.05, 0) is 101 Å². The third-order valence-electron chi connectivity index (χ3n) is 7.15. The molecule has 190 valence electrons. The molecule has 0 spiro atoms. The van der Waals surface area contributed by atoms with Crippen LogP contribution in [0.15, 0.2) is 52.4 Å². The van der Waals surface area contributed by atoms with Crippen LogP contribution in [0.3, 0.4) is 0 Å². The van der Waals surface area contributed by atoms with Gasteiger partial charge >= 0.3 is 0 Å². The predicted molar refractivity (Wildman–Crippen MR) is 148 cm³/mol. The van der Waals surface area contributed by atoms with Crippen molar-refractivity contribution >= 4 is 12.4 Å². The Hall–Kier alpha value is -3.25. The summed E-state index contributed by atoms with van der Waals surface area (Å²) in [6, 6.07) is 11.0. The second-order valence-electron chi connectivity index (χ2n) is 11.4. The second-order valence-corrected chi connectivity index (χ2v) is 11.4. The molecule has 1 saturated heterocycles. The molecule has 36 heavy (non-hydrogen) atoms. The van der Waals surface area contributed by atoms with E-state index in [0.29, 0.717) is 11.5 Å². The van der Waals surface area contributed by atoms with E-state index in [1.807, 2.05) is 24.3 Å². The van der Waals surface area contributed by atoms with Crippen LogP contribution < -0.4 is 10.9 Å². The van der Waals surface area contributed by atoms with Gasteiger partial charge < -0.3 is 15.0 Å². The monoisotopic (exact) mass is 486 g/mol. The van der Waals surface area contributed by atoms with Gasteiger partial charge in [0.05, 0.1) is 11.4 Å². The Labute approximate surface area is 214 Å². The summed E-state index contributed by atoms with van der Waals surface area (Å²) in [7, 11) is 1.72. The van der Waals surface area contributed by atoms with Crippen molar-refractivity contribution in [2.24, 2.45) is 18.0 Å². The molecule has 1 aromatic carbocycles. The molecule has 0 amide bonds. The molecule has 0 atom stereocenters. The molecule has 0 bridgehead atoms. The predicted octanol–water partition coefficient (Wildman–Crippen LogP) is 5.81. The van der Waals surface area contributed by atoms with E-state index in [1.165, 1.54) is 4.57 Å². The minimum Gasteiger partial charge on any atom is -0.507 e. The molecule has 0 unspecified atom stereocenters. The van der Waals surface area contributed by atoms with Crippen molar-refractivity contribution in [3.8, 4) is 28.0 Å². The number of phenolic OH excluding ortho intramolecular Hbond substituents is 1.